The number of anilines is 3. The zero-order chi connectivity index (χ0) is 22.7. The summed E-state index contributed by atoms with van der Waals surface area (Å²) in [5.41, 5.74) is 0.440. The Morgan fingerprint density at radius 3 is 2.75 bits per heavy atom. The molecule has 0 saturated heterocycles. The average molecular weight is 462 g/mol. The third-order valence-electron chi connectivity index (χ3n) is 3.93. The van der Waals surface area contributed by atoms with Gasteiger partial charge in [0.05, 0.1) is 29.5 Å². The molecule has 0 aliphatic heterocycles. The molecule has 1 amide bonds. The lowest BCUT2D eigenvalue weighted by Crippen LogP contribution is -2.19. The van der Waals surface area contributed by atoms with Gasteiger partial charge in [-0.05, 0) is 12.1 Å². The summed E-state index contributed by atoms with van der Waals surface area (Å²) in [6.07, 6.45) is 1.23. The van der Waals surface area contributed by atoms with E-state index >= 15 is 0 Å². The maximum absolute atomic E-state index is 12.7. The van der Waals surface area contributed by atoms with Crippen molar-refractivity contribution in [1.82, 2.24) is 30.3 Å². The molecule has 0 unspecified atom stereocenters. The summed E-state index contributed by atoms with van der Waals surface area (Å²) in [5.74, 6) is -1.00. The molecule has 4 aromatic rings. The number of nitrogens with one attached hydrogen (secondary N) is 1. The number of carbonyl (C=O) groups is 1. The van der Waals surface area contributed by atoms with E-state index in [0.717, 1.165) is 4.88 Å². The van der Waals surface area contributed by atoms with Crippen molar-refractivity contribution in [1.29, 1.82) is 0 Å². The van der Waals surface area contributed by atoms with E-state index in [2.05, 4.69) is 40.1 Å². The molecule has 32 heavy (non-hydrogen) atoms. The third-order valence-corrected chi connectivity index (χ3v) is 5.00. The number of amides is 1. The van der Waals surface area contributed by atoms with Crippen molar-refractivity contribution >= 4 is 34.6 Å². The summed E-state index contributed by atoms with van der Waals surface area (Å²) in [6.45, 7) is 1.61. The Balaban J connectivity index is 1.63. The van der Waals surface area contributed by atoms with Gasteiger partial charge in [0.2, 0.25) is 11.7 Å². The lowest BCUT2D eigenvalue weighted by atomic mass is 10.3. The summed E-state index contributed by atoms with van der Waals surface area (Å²) < 4.78 is 42.5. The van der Waals surface area contributed by atoms with Gasteiger partial charge in [-0.1, -0.05) is 5.16 Å². The summed E-state index contributed by atoms with van der Waals surface area (Å²) >= 11 is 1.18. The Hall–Kier alpha value is -3.94. The fraction of sp³-hybridized carbons (Fsp3) is 0.167. The van der Waals surface area contributed by atoms with Crippen LogP contribution in [0.4, 0.5) is 30.5 Å². The molecule has 4 heterocycles. The monoisotopic (exact) mass is 462 g/mol. The molecule has 4 aromatic heterocycles. The van der Waals surface area contributed by atoms with Crippen molar-refractivity contribution < 1.29 is 22.5 Å². The number of nitrogens with zero attached hydrogens (tertiary/aromatic N) is 7. The Morgan fingerprint density at radius 1 is 1.22 bits per heavy atom. The highest BCUT2D eigenvalue weighted by Gasteiger charge is 2.38. The fourth-order valence-corrected chi connectivity index (χ4v) is 3.57. The van der Waals surface area contributed by atoms with E-state index in [9.17, 15) is 18.0 Å². The molecular formula is C18H13F3N8O2S. The topological polar surface area (TPSA) is 123 Å². The average Bonchev–Trinajstić information content (AvgIpc) is 3.42. The zero-order valence-electron chi connectivity index (χ0n) is 16.2. The van der Waals surface area contributed by atoms with Gasteiger partial charge in [-0.2, -0.15) is 23.3 Å². The molecule has 1 N–H and O–H groups in total. The van der Waals surface area contributed by atoms with Crippen LogP contribution in [0.25, 0.3) is 10.7 Å². The molecule has 14 heteroatoms. The van der Waals surface area contributed by atoms with Gasteiger partial charge in [-0.15, -0.1) is 16.4 Å². The summed E-state index contributed by atoms with van der Waals surface area (Å²) in [6, 6.07) is 4.93. The number of halogens is 3. The number of hydrogen-bond donors (Lipinski definition) is 1. The van der Waals surface area contributed by atoms with Crippen LogP contribution >= 0.6 is 11.3 Å². The molecule has 0 aliphatic carbocycles. The molecule has 0 fully saturated rings. The SMILES string of the molecule is CC(=O)Nc1cnnc(N(Cc2ccc(-c3noc(C(F)(F)F)n3)s2)c2cnccn2)c1. The second-order valence-electron chi connectivity index (χ2n) is 6.32. The number of hydrogen-bond acceptors (Lipinski definition) is 10. The third kappa shape index (κ3) is 4.85. The Labute approximate surface area is 182 Å². The van der Waals surface area contributed by atoms with E-state index < -0.39 is 12.1 Å². The van der Waals surface area contributed by atoms with E-state index in [0.29, 0.717) is 22.2 Å². The van der Waals surface area contributed by atoms with Crippen LogP contribution in [0.5, 0.6) is 0 Å². The molecule has 10 nitrogen and oxygen atoms in total. The second-order valence-corrected chi connectivity index (χ2v) is 7.49. The van der Waals surface area contributed by atoms with Gasteiger partial charge in [0.25, 0.3) is 0 Å². The van der Waals surface area contributed by atoms with Crippen molar-refractivity contribution in [2.45, 2.75) is 19.6 Å². The highest BCUT2D eigenvalue weighted by molar-refractivity contribution is 7.15. The highest BCUT2D eigenvalue weighted by Crippen LogP contribution is 2.33. The molecule has 0 spiro atoms. The van der Waals surface area contributed by atoms with Gasteiger partial charge in [0, 0.05) is 30.3 Å². The van der Waals surface area contributed by atoms with Crippen LogP contribution in [0.3, 0.4) is 0 Å². The fourth-order valence-electron chi connectivity index (χ4n) is 2.65. The second kappa shape index (κ2) is 8.66. The van der Waals surface area contributed by atoms with Crippen molar-refractivity contribution in [3.8, 4) is 10.7 Å². The van der Waals surface area contributed by atoms with Crippen LogP contribution in [-0.4, -0.2) is 36.2 Å². The minimum absolute atomic E-state index is 0.160. The van der Waals surface area contributed by atoms with Crippen molar-refractivity contribution in [2.24, 2.45) is 0 Å². The molecule has 4 rings (SSSR count). The first-order valence-electron chi connectivity index (χ1n) is 8.93. The lowest BCUT2D eigenvalue weighted by Gasteiger charge is -2.21. The number of rotatable bonds is 6. The molecule has 0 saturated carbocycles. The molecular weight excluding hydrogens is 449 g/mol. The standard InChI is InChI=1S/C18H13F3N8O2S/c1-10(30)25-11-6-14(27-24-7-11)29(15-8-22-4-5-23-15)9-12-2-3-13(32-12)16-26-17(31-28-16)18(19,20)21/h2-8H,9H2,1H3,(H,25,27,30). The van der Waals surface area contributed by atoms with E-state index in [1.807, 2.05) is 0 Å². The largest absolute Gasteiger partial charge is 0.471 e. The van der Waals surface area contributed by atoms with Crippen molar-refractivity contribution in [3.05, 3.63) is 53.8 Å². The Bertz CT molecular complexity index is 1230. The van der Waals surface area contributed by atoms with Crippen molar-refractivity contribution in [3.63, 3.8) is 0 Å². The smallest absolute Gasteiger partial charge is 0.329 e. The molecule has 164 valence electrons. The van der Waals surface area contributed by atoms with Gasteiger partial charge in [0.1, 0.15) is 0 Å². The van der Waals surface area contributed by atoms with Gasteiger partial charge in [0.15, 0.2) is 11.6 Å². The first kappa shape index (κ1) is 21.3. The van der Waals surface area contributed by atoms with Crippen LogP contribution < -0.4 is 10.2 Å². The minimum Gasteiger partial charge on any atom is -0.329 e. The molecule has 0 aromatic carbocycles. The van der Waals surface area contributed by atoms with E-state index in [1.165, 1.54) is 43.0 Å². The van der Waals surface area contributed by atoms with E-state index in [1.54, 1.807) is 23.1 Å². The predicted molar refractivity (Wildman–Crippen MR) is 107 cm³/mol. The molecule has 0 radical (unpaired) electrons. The quantitative estimate of drug-likeness (QED) is 0.457. The Kier molecular flexibility index (Phi) is 5.77. The van der Waals surface area contributed by atoms with Crippen LogP contribution in [0, 0.1) is 0 Å². The van der Waals surface area contributed by atoms with Crippen molar-refractivity contribution in [2.75, 3.05) is 10.2 Å². The minimum atomic E-state index is -4.72. The number of aromatic nitrogens is 6. The van der Waals surface area contributed by atoms with Gasteiger partial charge < -0.3 is 14.7 Å². The number of thiophene rings is 1. The van der Waals surface area contributed by atoms with Crippen LogP contribution in [0.15, 0.2) is 47.5 Å². The zero-order valence-corrected chi connectivity index (χ0v) is 17.1. The number of alkyl halides is 3. The van der Waals surface area contributed by atoms with E-state index in [-0.39, 0.29) is 18.3 Å². The maximum atomic E-state index is 12.7. The van der Waals surface area contributed by atoms with E-state index in [4.69, 9.17) is 0 Å². The lowest BCUT2D eigenvalue weighted by molar-refractivity contribution is -0.159. The van der Waals surface area contributed by atoms with Gasteiger partial charge >= 0.3 is 12.1 Å². The normalized spacial score (nSPS) is 11.4. The van der Waals surface area contributed by atoms with Gasteiger partial charge in [-0.25, -0.2) is 4.98 Å². The molecule has 0 aliphatic rings. The van der Waals surface area contributed by atoms with Crippen LogP contribution in [0.1, 0.15) is 17.7 Å². The van der Waals surface area contributed by atoms with Gasteiger partial charge in [-0.3, -0.25) is 9.78 Å². The van der Waals surface area contributed by atoms with Crippen LogP contribution in [-0.2, 0) is 17.5 Å². The number of carbonyl (C=O) groups excluding carboxylic acids is 1. The Morgan fingerprint density at radius 2 is 2.06 bits per heavy atom. The van der Waals surface area contributed by atoms with Crippen LogP contribution in [0.2, 0.25) is 0 Å². The summed E-state index contributed by atoms with van der Waals surface area (Å²) in [7, 11) is 0. The highest BCUT2D eigenvalue weighted by atomic mass is 32.1. The predicted octanol–water partition coefficient (Wildman–Crippen LogP) is 3.69. The summed E-state index contributed by atoms with van der Waals surface area (Å²) in [4.78, 5) is 26.0. The summed E-state index contributed by atoms with van der Waals surface area (Å²) in [5, 5.41) is 14.1. The first-order valence-corrected chi connectivity index (χ1v) is 9.75. The maximum Gasteiger partial charge on any atom is 0.471 e. The first-order chi connectivity index (χ1) is 15.3. The molecule has 0 atom stereocenters. The molecule has 0 bridgehead atoms.